The molecule has 3 rings (SSSR count). The summed E-state index contributed by atoms with van der Waals surface area (Å²) in [4.78, 5) is 35.0. The fraction of sp³-hybridized carbons (Fsp3) is 0.143. The lowest BCUT2D eigenvalue weighted by atomic mass is 10.1. The molecule has 0 unspecified atom stereocenters. The van der Waals surface area contributed by atoms with Crippen LogP contribution in [-0.4, -0.2) is 23.4 Å². The third kappa shape index (κ3) is 5.22. The molecular formula is C21H19N3O6. The van der Waals surface area contributed by atoms with Crippen LogP contribution in [0.2, 0.25) is 0 Å². The molecule has 0 spiro atoms. The predicted octanol–water partition coefficient (Wildman–Crippen LogP) is 3.97. The van der Waals surface area contributed by atoms with Crippen LogP contribution in [0.25, 0.3) is 0 Å². The molecule has 3 aromatic rings. The highest BCUT2D eigenvalue weighted by Gasteiger charge is 2.20. The maximum Gasteiger partial charge on any atom is 0.338 e. The number of esters is 1. The van der Waals surface area contributed by atoms with E-state index in [4.69, 9.17) is 9.15 Å². The summed E-state index contributed by atoms with van der Waals surface area (Å²) in [5.74, 6) is -0.805. The highest BCUT2D eigenvalue weighted by Crippen LogP contribution is 2.29. The van der Waals surface area contributed by atoms with Crippen molar-refractivity contribution >= 4 is 28.9 Å². The van der Waals surface area contributed by atoms with Gasteiger partial charge >= 0.3 is 5.97 Å². The first-order chi connectivity index (χ1) is 14.4. The number of para-hydroxylation sites is 1. The van der Waals surface area contributed by atoms with Gasteiger partial charge in [0, 0.05) is 11.8 Å². The summed E-state index contributed by atoms with van der Waals surface area (Å²) < 4.78 is 10.2. The Balaban J connectivity index is 1.63. The molecule has 0 radical (unpaired) electrons. The molecule has 30 heavy (non-hydrogen) atoms. The maximum atomic E-state index is 12.2. The first-order valence-electron chi connectivity index (χ1n) is 9.04. The number of amides is 1. The van der Waals surface area contributed by atoms with Gasteiger partial charge in [0.15, 0.2) is 6.61 Å². The third-order valence-electron chi connectivity index (χ3n) is 4.16. The van der Waals surface area contributed by atoms with Crippen LogP contribution in [0.4, 0.5) is 17.1 Å². The minimum atomic E-state index is -0.842. The van der Waals surface area contributed by atoms with Crippen molar-refractivity contribution in [2.75, 3.05) is 11.9 Å². The summed E-state index contributed by atoms with van der Waals surface area (Å²) >= 11 is 0. The monoisotopic (exact) mass is 409 g/mol. The fourth-order valence-electron chi connectivity index (χ4n) is 2.70. The number of furan rings is 1. The summed E-state index contributed by atoms with van der Waals surface area (Å²) in [5.41, 5.74) is 0.572. The van der Waals surface area contributed by atoms with E-state index < -0.39 is 29.4 Å². The van der Waals surface area contributed by atoms with Gasteiger partial charge in [-0.25, -0.2) is 4.79 Å². The standard InChI is InChI=1S/C21H19N3O6/c1-14(19-8-5-11-29-19)22-20(25)13-30-21(26)15-9-10-17(18(12-15)24(27)28)23-16-6-3-2-4-7-16/h2-12,14,23H,13H2,1H3,(H,22,25)/t14-/m0/s1. The Kier molecular flexibility index (Phi) is 6.43. The lowest BCUT2D eigenvalue weighted by Crippen LogP contribution is -2.31. The van der Waals surface area contributed by atoms with E-state index in [2.05, 4.69) is 10.6 Å². The molecule has 0 bridgehead atoms. The minimum absolute atomic E-state index is 0.0350. The number of benzene rings is 2. The van der Waals surface area contributed by atoms with Gasteiger partial charge in [0.25, 0.3) is 11.6 Å². The maximum absolute atomic E-state index is 12.2. The van der Waals surface area contributed by atoms with Crippen molar-refractivity contribution in [3.05, 3.63) is 88.4 Å². The first kappa shape index (κ1) is 20.6. The number of hydrogen-bond acceptors (Lipinski definition) is 7. The summed E-state index contributed by atoms with van der Waals surface area (Å²) in [6.45, 7) is 1.20. The zero-order valence-electron chi connectivity index (χ0n) is 16.0. The van der Waals surface area contributed by atoms with Gasteiger partial charge < -0.3 is 19.8 Å². The van der Waals surface area contributed by atoms with Crippen LogP contribution in [0.5, 0.6) is 0 Å². The first-order valence-corrected chi connectivity index (χ1v) is 9.04. The lowest BCUT2D eigenvalue weighted by molar-refractivity contribution is -0.383. The van der Waals surface area contributed by atoms with Gasteiger partial charge in [-0.2, -0.15) is 0 Å². The Morgan fingerprint density at radius 2 is 1.90 bits per heavy atom. The highest BCUT2D eigenvalue weighted by atomic mass is 16.6. The molecule has 1 aromatic heterocycles. The Bertz CT molecular complexity index is 1030. The summed E-state index contributed by atoms with van der Waals surface area (Å²) in [6, 6.07) is 15.8. The van der Waals surface area contributed by atoms with E-state index in [0.29, 0.717) is 11.4 Å². The molecule has 1 atom stereocenters. The number of carbonyl (C=O) groups is 2. The third-order valence-corrected chi connectivity index (χ3v) is 4.16. The number of rotatable bonds is 8. The number of anilines is 2. The second-order valence-electron chi connectivity index (χ2n) is 6.36. The van der Waals surface area contributed by atoms with Crippen molar-refractivity contribution in [2.24, 2.45) is 0 Å². The van der Waals surface area contributed by atoms with E-state index in [9.17, 15) is 19.7 Å². The van der Waals surface area contributed by atoms with E-state index in [1.165, 1.54) is 18.4 Å². The van der Waals surface area contributed by atoms with Crippen LogP contribution in [0.15, 0.2) is 71.3 Å². The molecule has 0 fully saturated rings. The van der Waals surface area contributed by atoms with Crippen LogP contribution in [0.3, 0.4) is 0 Å². The van der Waals surface area contributed by atoms with E-state index in [0.717, 1.165) is 6.07 Å². The summed E-state index contributed by atoms with van der Waals surface area (Å²) in [7, 11) is 0. The van der Waals surface area contributed by atoms with Gasteiger partial charge in [-0.05, 0) is 43.3 Å². The van der Waals surface area contributed by atoms with Crippen molar-refractivity contribution in [1.82, 2.24) is 5.32 Å². The number of nitro benzene ring substituents is 1. The van der Waals surface area contributed by atoms with Gasteiger partial charge in [0.1, 0.15) is 11.4 Å². The Morgan fingerprint density at radius 3 is 2.57 bits per heavy atom. The van der Waals surface area contributed by atoms with E-state index >= 15 is 0 Å². The van der Waals surface area contributed by atoms with Crippen LogP contribution in [-0.2, 0) is 9.53 Å². The van der Waals surface area contributed by atoms with Crippen LogP contribution >= 0.6 is 0 Å². The smallest absolute Gasteiger partial charge is 0.338 e. The number of nitro groups is 1. The number of nitrogens with zero attached hydrogens (tertiary/aromatic N) is 1. The van der Waals surface area contributed by atoms with Crippen molar-refractivity contribution in [1.29, 1.82) is 0 Å². The molecule has 0 aliphatic carbocycles. The number of ether oxygens (including phenoxy) is 1. The topological polar surface area (TPSA) is 124 Å². The second-order valence-corrected chi connectivity index (χ2v) is 6.36. The average molecular weight is 409 g/mol. The Labute approximate surface area is 171 Å². The van der Waals surface area contributed by atoms with Gasteiger partial charge in [0.05, 0.1) is 22.8 Å². The van der Waals surface area contributed by atoms with Crippen LogP contribution < -0.4 is 10.6 Å². The Morgan fingerprint density at radius 1 is 1.13 bits per heavy atom. The molecule has 1 heterocycles. The van der Waals surface area contributed by atoms with E-state index in [1.807, 2.05) is 6.07 Å². The van der Waals surface area contributed by atoms with E-state index in [1.54, 1.807) is 43.3 Å². The van der Waals surface area contributed by atoms with Crippen molar-refractivity contribution < 1.29 is 23.7 Å². The zero-order chi connectivity index (χ0) is 21.5. The quantitative estimate of drug-likeness (QED) is 0.328. The molecule has 154 valence electrons. The molecule has 0 saturated heterocycles. The van der Waals surface area contributed by atoms with Crippen molar-refractivity contribution in [3.8, 4) is 0 Å². The largest absolute Gasteiger partial charge is 0.467 e. The average Bonchev–Trinajstić information content (AvgIpc) is 3.28. The highest BCUT2D eigenvalue weighted by molar-refractivity contribution is 5.93. The molecule has 0 saturated carbocycles. The summed E-state index contributed by atoms with van der Waals surface area (Å²) in [6.07, 6.45) is 1.49. The van der Waals surface area contributed by atoms with Gasteiger partial charge in [-0.15, -0.1) is 0 Å². The molecular weight excluding hydrogens is 390 g/mol. The number of nitrogens with one attached hydrogen (secondary N) is 2. The van der Waals surface area contributed by atoms with E-state index in [-0.39, 0.29) is 16.9 Å². The second kappa shape index (κ2) is 9.37. The number of carbonyl (C=O) groups excluding carboxylic acids is 2. The SMILES string of the molecule is C[C@H](NC(=O)COC(=O)c1ccc(Nc2ccccc2)c([N+](=O)[O-])c1)c1ccco1. The van der Waals surface area contributed by atoms with Gasteiger partial charge in [0.2, 0.25) is 0 Å². The van der Waals surface area contributed by atoms with Gasteiger partial charge in [-0.3, -0.25) is 14.9 Å². The van der Waals surface area contributed by atoms with Crippen LogP contribution in [0, 0.1) is 10.1 Å². The summed E-state index contributed by atoms with van der Waals surface area (Å²) in [5, 5.41) is 17.0. The predicted molar refractivity (Wildman–Crippen MR) is 108 cm³/mol. The molecule has 2 aromatic carbocycles. The minimum Gasteiger partial charge on any atom is -0.467 e. The molecule has 2 N–H and O–H groups in total. The fourth-order valence-corrected chi connectivity index (χ4v) is 2.70. The molecule has 9 heteroatoms. The Hall–Kier alpha value is -4.14. The van der Waals surface area contributed by atoms with Crippen molar-refractivity contribution in [2.45, 2.75) is 13.0 Å². The van der Waals surface area contributed by atoms with Gasteiger partial charge in [-0.1, -0.05) is 18.2 Å². The normalized spacial score (nSPS) is 11.4. The van der Waals surface area contributed by atoms with Crippen molar-refractivity contribution in [3.63, 3.8) is 0 Å². The zero-order valence-corrected chi connectivity index (χ0v) is 16.0. The lowest BCUT2D eigenvalue weighted by Gasteiger charge is -2.12. The molecule has 0 aliphatic rings. The number of hydrogen-bond donors (Lipinski definition) is 2. The molecule has 0 aliphatic heterocycles. The van der Waals surface area contributed by atoms with Crippen LogP contribution in [0.1, 0.15) is 29.1 Å². The molecule has 1 amide bonds. The molecule has 9 nitrogen and oxygen atoms in total.